The van der Waals surface area contributed by atoms with Gasteiger partial charge in [-0.05, 0) is 36.8 Å². The molecular weight excluding hydrogens is 398 g/mol. The highest BCUT2D eigenvalue weighted by Gasteiger charge is 2.55. The Balaban J connectivity index is 2.23. The van der Waals surface area contributed by atoms with Crippen LogP contribution in [-0.4, -0.2) is 19.6 Å². The highest BCUT2D eigenvalue weighted by atomic mass is 35.5. The molecule has 0 aliphatic carbocycles. The number of benzene rings is 2. The van der Waals surface area contributed by atoms with Gasteiger partial charge in [-0.2, -0.15) is 13.2 Å². The van der Waals surface area contributed by atoms with E-state index in [1.54, 1.807) is 0 Å². The summed E-state index contributed by atoms with van der Waals surface area (Å²) < 4.78 is 61.0. The molecule has 3 nitrogen and oxygen atoms in total. The Morgan fingerprint density at radius 1 is 1.14 bits per heavy atom. The van der Waals surface area contributed by atoms with Crippen molar-refractivity contribution in [2.45, 2.75) is 31.6 Å². The Bertz CT molecular complexity index is 916. The molecule has 28 heavy (non-hydrogen) atoms. The Hall–Kier alpha value is -2.28. The highest BCUT2D eigenvalue weighted by Crippen LogP contribution is 2.51. The summed E-state index contributed by atoms with van der Waals surface area (Å²) in [5, 5.41) is 0.283. The highest BCUT2D eigenvalue weighted by molar-refractivity contribution is 6.30. The molecule has 3 rings (SSSR count). The zero-order valence-corrected chi connectivity index (χ0v) is 16.0. The van der Waals surface area contributed by atoms with E-state index in [0.717, 1.165) is 23.1 Å². The van der Waals surface area contributed by atoms with Gasteiger partial charge in [-0.25, -0.2) is 4.39 Å². The monoisotopic (exact) mass is 415 g/mol. The van der Waals surface area contributed by atoms with Crippen LogP contribution in [0.15, 0.2) is 36.4 Å². The van der Waals surface area contributed by atoms with E-state index in [4.69, 9.17) is 16.3 Å². The van der Waals surface area contributed by atoms with Gasteiger partial charge < -0.3 is 9.64 Å². The van der Waals surface area contributed by atoms with Gasteiger partial charge in [0.1, 0.15) is 5.75 Å². The van der Waals surface area contributed by atoms with Crippen LogP contribution in [0.1, 0.15) is 36.5 Å². The molecule has 1 aliphatic heterocycles. The second-order valence-corrected chi connectivity index (χ2v) is 6.98. The Kier molecular flexibility index (Phi) is 5.32. The van der Waals surface area contributed by atoms with E-state index in [-0.39, 0.29) is 34.1 Å². The van der Waals surface area contributed by atoms with E-state index >= 15 is 4.39 Å². The van der Waals surface area contributed by atoms with Crippen LogP contribution in [0.4, 0.5) is 23.2 Å². The predicted octanol–water partition coefficient (Wildman–Crippen LogP) is 5.73. The summed E-state index contributed by atoms with van der Waals surface area (Å²) in [5.41, 5.74) is -3.91. The molecule has 1 amide bonds. The molecule has 2 aromatic rings. The van der Waals surface area contributed by atoms with Crippen molar-refractivity contribution >= 4 is 23.2 Å². The molecule has 150 valence electrons. The van der Waals surface area contributed by atoms with Crippen molar-refractivity contribution in [3.63, 3.8) is 0 Å². The molecule has 8 heteroatoms. The molecule has 0 aromatic heterocycles. The summed E-state index contributed by atoms with van der Waals surface area (Å²) >= 11 is 5.93. The number of hydrogen-bond acceptors (Lipinski definition) is 2. The van der Waals surface area contributed by atoms with Crippen LogP contribution < -0.4 is 9.64 Å². The SMILES string of the molecule is CCCCN1C(=O)C(F)(c2ccc(Cl)cc2OC)c2ccc(C(F)(F)F)cc21. The minimum Gasteiger partial charge on any atom is -0.496 e. The molecule has 0 fully saturated rings. The first-order valence-corrected chi connectivity index (χ1v) is 9.09. The molecule has 1 aliphatic rings. The third kappa shape index (κ3) is 3.21. The van der Waals surface area contributed by atoms with Crippen LogP contribution in [-0.2, 0) is 16.6 Å². The van der Waals surface area contributed by atoms with Crippen molar-refractivity contribution in [1.29, 1.82) is 0 Å². The maximum atomic E-state index is 16.3. The first kappa shape index (κ1) is 20.5. The molecular formula is C20H18ClF4NO2. The molecule has 2 aromatic carbocycles. The van der Waals surface area contributed by atoms with Gasteiger partial charge in [-0.15, -0.1) is 0 Å². The van der Waals surface area contributed by atoms with Crippen molar-refractivity contribution in [2.75, 3.05) is 18.6 Å². The van der Waals surface area contributed by atoms with Crippen LogP contribution in [0, 0.1) is 0 Å². The number of unbranched alkanes of at least 4 members (excludes halogenated alkanes) is 1. The summed E-state index contributed by atoms with van der Waals surface area (Å²) in [7, 11) is 1.31. The lowest BCUT2D eigenvalue weighted by Gasteiger charge is -2.23. The van der Waals surface area contributed by atoms with Crippen molar-refractivity contribution in [1.82, 2.24) is 0 Å². The fourth-order valence-electron chi connectivity index (χ4n) is 3.38. The van der Waals surface area contributed by atoms with Gasteiger partial charge in [0.15, 0.2) is 0 Å². The maximum absolute atomic E-state index is 16.3. The summed E-state index contributed by atoms with van der Waals surface area (Å²) in [5.74, 6) is -0.887. The number of alkyl halides is 4. The van der Waals surface area contributed by atoms with E-state index in [1.165, 1.54) is 25.3 Å². The average Bonchev–Trinajstić information content (AvgIpc) is 2.87. The normalized spacial score (nSPS) is 19.1. The Labute approximate surface area is 164 Å². The number of rotatable bonds is 5. The van der Waals surface area contributed by atoms with Gasteiger partial charge in [0, 0.05) is 22.7 Å². The number of hydrogen-bond donors (Lipinski definition) is 0. The van der Waals surface area contributed by atoms with E-state index in [0.29, 0.717) is 12.8 Å². The summed E-state index contributed by atoms with van der Waals surface area (Å²) in [4.78, 5) is 14.2. The lowest BCUT2D eigenvalue weighted by molar-refractivity contribution is -0.137. The van der Waals surface area contributed by atoms with Gasteiger partial charge in [-0.3, -0.25) is 4.79 Å². The molecule has 0 spiro atoms. The summed E-state index contributed by atoms with van der Waals surface area (Å²) in [6, 6.07) is 6.73. The minimum atomic E-state index is -4.60. The van der Waals surface area contributed by atoms with Crippen LogP contribution >= 0.6 is 11.6 Å². The zero-order chi connectivity index (χ0) is 20.7. The van der Waals surface area contributed by atoms with Crippen LogP contribution in [0.5, 0.6) is 5.75 Å². The number of carbonyl (C=O) groups is 1. The van der Waals surface area contributed by atoms with Gasteiger partial charge >= 0.3 is 6.18 Å². The number of halogens is 5. The molecule has 0 saturated carbocycles. The fourth-order valence-corrected chi connectivity index (χ4v) is 3.54. The van der Waals surface area contributed by atoms with Crippen LogP contribution in [0.3, 0.4) is 0 Å². The van der Waals surface area contributed by atoms with E-state index in [9.17, 15) is 18.0 Å². The number of amides is 1. The number of fused-ring (bicyclic) bond motifs is 1. The van der Waals surface area contributed by atoms with Crippen molar-refractivity contribution in [2.24, 2.45) is 0 Å². The number of ether oxygens (including phenoxy) is 1. The molecule has 0 N–H and O–H groups in total. The zero-order valence-electron chi connectivity index (χ0n) is 15.2. The third-order valence-corrected chi connectivity index (χ3v) is 5.03. The van der Waals surface area contributed by atoms with Crippen molar-refractivity contribution < 1.29 is 27.1 Å². The van der Waals surface area contributed by atoms with Gasteiger partial charge in [0.05, 0.1) is 18.4 Å². The van der Waals surface area contributed by atoms with E-state index in [2.05, 4.69) is 0 Å². The molecule has 0 bridgehead atoms. The van der Waals surface area contributed by atoms with Gasteiger partial charge in [0.2, 0.25) is 5.67 Å². The standard InChI is InChI=1S/C20H18ClF4NO2/c1-3-4-9-26-16-10-12(20(23,24)25)5-7-14(16)19(22,18(26)27)15-8-6-13(21)11-17(15)28-2/h5-8,10-11H,3-4,9H2,1-2H3. The molecule has 0 radical (unpaired) electrons. The lowest BCUT2D eigenvalue weighted by Crippen LogP contribution is -2.38. The topological polar surface area (TPSA) is 29.5 Å². The molecule has 0 saturated heterocycles. The third-order valence-electron chi connectivity index (χ3n) is 4.80. The van der Waals surface area contributed by atoms with Gasteiger partial charge in [0.25, 0.3) is 5.91 Å². The van der Waals surface area contributed by atoms with Crippen LogP contribution in [0.25, 0.3) is 0 Å². The quantitative estimate of drug-likeness (QED) is 0.584. The first-order valence-electron chi connectivity index (χ1n) is 8.71. The number of nitrogens with zero attached hydrogens (tertiary/aromatic N) is 1. The molecule has 1 heterocycles. The minimum absolute atomic E-state index is 0.0477. The average molecular weight is 416 g/mol. The molecule has 1 unspecified atom stereocenters. The molecule has 1 atom stereocenters. The summed E-state index contributed by atoms with van der Waals surface area (Å²) in [6.07, 6.45) is -3.38. The largest absolute Gasteiger partial charge is 0.496 e. The van der Waals surface area contributed by atoms with E-state index < -0.39 is 23.3 Å². The smallest absolute Gasteiger partial charge is 0.416 e. The number of anilines is 1. The Morgan fingerprint density at radius 3 is 2.43 bits per heavy atom. The maximum Gasteiger partial charge on any atom is 0.416 e. The van der Waals surface area contributed by atoms with Crippen molar-refractivity contribution in [3.05, 3.63) is 58.1 Å². The second-order valence-electron chi connectivity index (χ2n) is 6.54. The van der Waals surface area contributed by atoms with Gasteiger partial charge in [-0.1, -0.05) is 31.0 Å². The second kappa shape index (κ2) is 7.28. The summed E-state index contributed by atoms with van der Waals surface area (Å²) in [6.45, 7) is 1.99. The van der Waals surface area contributed by atoms with E-state index in [1.807, 2.05) is 6.92 Å². The lowest BCUT2D eigenvalue weighted by atomic mass is 9.88. The fraction of sp³-hybridized carbons (Fsp3) is 0.350. The number of methoxy groups -OCH3 is 1. The Morgan fingerprint density at radius 2 is 1.82 bits per heavy atom. The van der Waals surface area contributed by atoms with Crippen molar-refractivity contribution in [3.8, 4) is 5.75 Å². The predicted molar refractivity (Wildman–Crippen MR) is 98.6 cm³/mol. The first-order chi connectivity index (χ1) is 13.1. The van der Waals surface area contributed by atoms with Crippen LogP contribution in [0.2, 0.25) is 5.02 Å². The number of carbonyl (C=O) groups excluding carboxylic acids is 1.